The molecular weight excluding hydrogens is 226 g/mol. The molecule has 18 heavy (non-hydrogen) atoms. The largest absolute Gasteiger partial charge is 0.296 e. The lowest BCUT2D eigenvalue weighted by molar-refractivity contribution is -0.134. The average Bonchev–Trinajstić information content (AvgIpc) is 2.28. The summed E-state index contributed by atoms with van der Waals surface area (Å²) in [6.45, 7) is 6.40. The molecule has 0 spiro atoms. The van der Waals surface area contributed by atoms with E-state index in [2.05, 4.69) is 38.2 Å². The van der Waals surface area contributed by atoms with Crippen LogP contribution in [0.1, 0.15) is 55.2 Å². The van der Waals surface area contributed by atoms with Gasteiger partial charge in [0.05, 0.1) is 5.92 Å². The minimum Gasteiger partial charge on any atom is -0.296 e. The number of piperidine rings is 1. The van der Waals surface area contributed by atoms with Crippen LogP contribution in [0, 0.1) is 6.92 Å². The predicted octanol–water partition coefficient (Wildman–Crippen LogP) is 2.64. The lowest BCUT2D eigenvalue weighted by Gasteiger charge is -2.22. The molecule has 0 bridgehead atoms. The molecular formula is C15H19NO2. The fourth-order valence-corrected chi connectivity index (χ4v) is 2.58. The van der Waals surface area contributed by atoms with Crippen LogP contribution in [-0.2, 0) is 9.59 Å². The molecule has 2 rings (SSSR count). The summed E-state index contributed by atoms with van der Waals surface area (Å²) in [5.74, 6) is -0.0156. The van der Waals surface area contributed by atoms with Crippen molar-refractivity contribution < 1.29 is 9.59 Å². The Kier molecular flexibility index (Phi) is 3.50. The van der Waals surface area contributed by atoms with E-state index in [4.69, 9.17) is 0 Å². The second kappa shape index (κ2) is 4.92. The molecule has 0 aromatic heterocycles. The molecule has 1 aromatic carbocycles. The van der Waals surface area contributed by atoms with Gasteiger partial charge < -0.3 is 0 Å². The van der Waals surface area contributed by atoms with E-state index < -0.39 is 0 Å². The number of benzene rings is 1. The molecule has 1 aliphatic rings. The van der Waals surface area contributed by atoms with E-state index in [0.717, 1.165) is 5.56 Å². The number of nitrogens with one attached hydrogen (secondary N) is 1. The van der Waals surface area contributed by atoms with Gasteiger partial charge in [0, 0.05) is 6.42 Å². The maximum absolute atomic E-state index is 11.8. The van der Waals surface area contributed by atoms with Gasteiger partial charge in [-0.15, -0.1) is 0 Å². The Bertz CT molecular complexity index is 491. The van der Waals surface area contributed by atoms with Gasteiger partial charge in [0.1, 0.15) is 0 Å². The number of aryl methyl sites for hydroxylation is 1. The van der Waals surface area contributed by atoms with E-state index in [1.54, 1.807) is 0 Å². The molecule has 1 heterocycles. The summed E-state index contributed by atoms with van der Waals surface area (Å²) in [5.41, 5.74) is 3.54. The fraction of sp³-hybridized carbons (Fsp3) is 0.467. The van der Waals surface area contributed by atoms with Gasteiger partial charge in [0.25, 0.3) is 0 Å². The zero-order chi connectivity index (χ0) is 13.3. The SMILES string of the molecule is Cc1cc(C2CCC(=O)NC2=O)ccc1C(C)C. The first-order valence-electron chi connectivity index (χ1n) is 6.43. The number of imide groups is 1. The summed E-state index contributed by atoms with van der Waals surface area (Å²) in [4.78, 5) is 22.9. The summed E-state index contributed by atoms with van der Waals surface area (Å²) in [6, 6.07) is 6.19. The second-order valence-electron chi connectivity index (χ2n) is 5.27. The van der Waals surface area contributed by atoms with Gasteiger partial charge in [-0.3, -0.25) is 14.9 Å². The Morgan fingerprint density at radius 3 is 2.56 bits per heavy atom. The topological polar surface area (TPSA) is 46.2 Å². The summed E-state index contributed by atoms with van der Waals surface area (Å²) < 4.78 is 0. The van der Waals surface area contributed by atoms with Crippen molar-refractivity contribution in [2.24, 2.45) is 0 Å². The maximum Gasteiger partial charge on any atom is 0.234 e. The highest BCUT2D eigenvalue weighted by atomic mass is 16.2. The monoisotopic (exact) mass is 245 g/mol. The van der Waals surface area contributed by atoms with Crippen LogP contribution in [0.15, 0.2) is 18.2 Å². The van der Waals surface area contributed by atoms with Crippen LogP contribution in [0.3, 0.4) is 0 Å². The van der Waals surface area contributed by atoms with Gasteiger partial charge in [0.15, 0.2) is 0 Å². The van der Waals surface area contributed by atoms with Gasteiger partial charge >= 0.3 is 0 Å². The van der Waals surface area contributed by atoms with Crippen LogP contribution in [-0.4, -0.2) is 11.8 Å². The van der Waals surface area contributed by atoms with E-state index in [1.165, 1.54) is 11.1 Å². The Morgan fingerprint density at radius 1 is 1.28 bits per heavy atom. The van der Waals surface area contributed by atoms with Crippen LogP contribution in [0.5, 0.6) is 0 Å². The van der Waals surface area contributed by atoms with E-state index in [-0.39, 0.29) is 17.7 Å². The molecule has 1 saturated heterocycles. The number of hydrogen-bond acceptors (Lipinski definition) is 2. The van der Waals surface area contributed by atoms with Gasteiger partial charge in [-0.2, -0.15) is 0 Å². The highest BCUT2D eigenvalue weighted by Crippen LogP contribution is 2.28. The summed E-state index contributed by atoms with van der Waals surface area (Å²) in [5, 5.41) is 2.41. The normalized spacial score (nSPS) is 20.1. The van der Waals surface area contributed by atoms with Crippen molar-refractivity contribution in [3.63, 3.8) is 0 Å². The highest BCUT2D eigenvalue weighted by Gasteiger charge is 2.28. The van der Waals surface area contributed by atoms with Crippen molar-refractivity contribution in [2.75, 3.05) is 0 Å². The molecule has 1 fully saturated rings. The van der Waals surface area contributed by atoms with Crippen LogP contribution in [0.25, 0.3) is 0 Å². The van der Waals surface area contributed by atoms with E-state index in [9.17, 15) is 9.59 Å². The first-order chi connectivity index (χ1) is 8.49. The fourth-order valence-electron chi connectivity index (χ4n) is 2.58. The Morgan fingerprint density at radius 2 is 2.00 bits per heavy atom. The molecule has 0 saturated carbocycles. The Hall–Kier alpha value is -1.64. The standard InChI is InChI=1S/C15H19NO2/c1-9(2)12-5-4-11(8-10(12)3)13-6-7-14(17)16-15(13)18/h4-5,8-9,13H,6-7H2,1-3H3,(H,16,17,18). The van der Waals surface area contributed by atoms with Gasteiger partial charge in [0.2, 0.25) is 11.8 Å². The molecule has 0 aliphatic carbocycles. The van der Waals surface area contributed by atoms with Crippen LogP contribution in [0.2, 0.25) is 0 Å². The minimum atomic E-state index is -0.178. The smallest absolute Gasteiger partial charge is 0.234 e. The molecule has 96 valence electrons. The third kappa shape index (κ3) is 2.45. The van der Waals surface area contributed by atoms with E-state index >= 15 is 0 Å². The first-order valence-corrected chi connectivity index (χ1v) is 6.43. The van der Waals surface area contributed by atoms with Crippen molar-refractivity contribution in [2.45, 2.75) is 45.4 Å². The molecule has 1 aromatic rings. The lowest BCUT2D eigenvalue weighted by Crippen LogP contribution is -2.39. The highest BCUT2D eigenvalue weighted by molar-refractivity contribution is 6.00. The first kappa shape index (κ1) is 12.8. The zero-order valence-electron chi connectivity index (χ0n) is 11.1. The molecule has 3 heteroatoms. The summed E-state index contributed by atoms with van der Waals surface area (Å²) in [6.07, 6.45) is 1.05. The average molecular weight is 245 g/mol. The summed E-state index contributed by atoms with van der Waals surface area (Å²) in [7, 11) is 0. The number of carbonyl (C=O) groups excluding carboxylic acids is 2. The molecule has 2 amide bonds. The van der Waals surface area contributed by atoms with Crippen molar-refractivity contribution in [1.29, 1.82) is 0 Å². The molecule has 3 nitrogen and oxygen atoms in total. The van der Waals surface area contributed by atoms with Gasteiger partial charge in [-0.1, -0.05) is 32.0 Å². The van der Waals surface area contributed by atoms with E-state index in [1.807, 2.05) is 6.07 Å². The number of hydrogen-bond donors (Lipinski definition) is 1. The predicted molar refractivity (Wildman–Crippen MR) is 70.4 cm³/mol. The summed E-state index contributed by atoms with van der Waals surface area (Å²) >= 11 is 0. The van der Waals surface area contributed by atoms with Gasteiger partial charge in [-0.25, -0.2) is 0 Å². The lowest BCUT2D eigenvalue weighted by atomic mass is 9.87. The number of carbonyl (C=O) groups is 2. The molecule has 1 atom stereocenters. The minimum absolute atomic E-state index is 0.160. The van der Waals surface area contributed by atoms with Crippen molar-refractivity contribution in [1.82, 2.24) is 5.32 Å². The van der Waals surface area contributed by atoms with Gasteiger partial charge in [-0.05, 0) is 36.0 Å². The molecule has 1 aliphatic heterocycles. The second-order valence-corrected chi connectivity index (χ2v) is 5.27. The quantitative estimate of drug-likeness (QED) is 0.814. The Labute approximate surface area is 108 Å². The molecule has 1 N–H and O–H groups in total. The third-order valence-electron chi connectivity index (χ3n) is 3.56. The third-order valence-corrected chi connectivity index (χ3v) is 3.56. The molecule has 0 radical (unpaired) electrons. The molecule has 1 unspecified atom stereocenters. The van der Waals surface area contributed by atoms with E-state index in [0.29, 0.717) is 18.8 Å². The zero-order valence-corrected chi connectivity index (χ0v) is 11.1. The van der Waals surface area contributed by atoms with Crippen molar-refractivity contribution in [3.8, 4) is 0 Å². The maximum atomic E-state index is 11.8. The van der Waals surface area contributed by atoms with Crippen molar-refractivity contribution >= 4 is 11.8 Å². The number of rotatable bonds is 2. The van der Waals surface area contributed by atoms with Crippen LogP contribution < -0.4 is 5.32 Å². The number of amides is 2. The van der Waals surface area contributed by atoms with Crippen molar-refractivity contribution in [3.05, 3.63) is 34.9 Å². The van der Waals surface area contributed by atoms with Crippen LogP contribution >= 0.6 is 0 Å². The van der Waals surface area contributed by atoms with Crippen LogP contribution in [0.4, 0.5) is 0 Å². The Balaban J connectivity index is 2.27.